The van der Waals surface area contributed by atoms with Gasteiger partial charge in [-0.1, -0.05) is 24.3 Å². The van der Waals surface area contributed by atoms with Crippen LogP contribution >= 0.6 is 37.2 Å². The van der Waals surface area contributed by atoms with Crippen LogP contribution in [0.25, 0.3) is 0 Å². The molecule has 0 spiro atoms. The van der Waals surface area contributed by atoms with Gasteiger partial charge in [0.1, 0.15) is 0 Å². The summed E-state index contributed by atoms with van der Waals surface area (Å²) in [5.41, 5.74) is 0. The second-order valence-electron chi connectivity index (χ2n) is 1.09. The number of rotatable bonds is 0. The van der Waals surface area contributed by atoms with Gasteiger partial charge in [0.2, 0.25) is 0 Å². The average molecular weight is 354 g/mol. The maximum absolute atomic E-state index is 2.12. The third-order valence-electron chi connectivity index (χ3n) is 0.655. The minimum absolute atomic E-state index is 0. The van der Waals surface area contributed by atoms with Crippen LogP contribution < -0.4 is 0 Å². The molecule has 0 aromatic rings. The van der Waals surface area contributed by atoms with Crippen molar-refractivity contribution in [1.29, 1.82) is 0 Å². The molecule has 0 atom stereocenters. The average Bonchev–Trinajstić information content (AvgIpc) is 1.76. The normalized spacial score (nSPS) is 9.78. The van der Waals surface area contributed by atoms with Crippen LogP contribution in [-0.2, 0) is 25.8 Å². The van der Waals surface area contributed by atoms with Gasteiger partial charge in [0, 0.05) is 25.8 Å². The maximum atomic E-state index is 2.12. The van der Waals surface area contributed by atoms with E-state index in [2.05, 4.69) is 24.3 Å². The molecule has 0 aromatic carbocycles. The van der Waals surface area contributed by atoms with E-state index in [1.165, 1.54) is 0 Å². The zero-order chi connectivity index (χ0) is 3.54. The van der Waals surface area contributed by atoms with Crippen LogP contribution in [0.5, 0.6) is 0 Å². The van der Waals surface area contributed by atoms with Gasteiger partial charge >= 0.3 is 0 Å². The van der Waals surface area contributed by atoms with Gasteiger partial charge in [-0.3, -0.25) is 0 Å². The molecule has 0 amide bonds. The van der Waals surface area contributed by atoms with Gasteiger partial charge in [-0.25, -0.2) is 0 Å². The fraction of sp³-hybridized carbons (Fsp3) is 0.200. The van der Waals surface area contributed by atoms with E-state index in [0.29, 0.717) is 0 Å². The molecule has 0 saturated carbocycles. The fourth-order valence-electron chi connectivity index (χ4n) is 0.393. The number of hydrogen-bond donors (Lipinski definition) is 0. The van der Waals surface area contributed by atoms with Gasteiger partial charge in [-0.05, 0) is 6.42 Å². The van der Waals surface area contributed by atoms with Crippen LogP contribution in [-0.4, -0.2) is 0 Å². The molecular weight excluding hydrogens is 345 g/mol. The van der Waals surface area contributed by atoms with Crippen molar-refractivity contribution in [3.63, 3.8) is 0 Å². The summed E-state index contributed by atoms with van der Waals surface area (Å²) in [6.45, 7) is 0. The van der Waals surface area contributed by atoms with E-state index < -0.39 is 0 Å². The molecule has 0 nitrogen and oxygen atoms in total. The molecule has 4 heteroatoms. The molecule has 0 unspecified atom stereocenters. The predicted octanol–water partition coefficient (Wildman–Crippen LogP) is 2.77. The van der Waals surface area contributed by atoms with Crippen LogP contribution in [0.3, 0.4) is 0 Å². The summed E-state index contributed by atoms with van der Waals surface area (Å²) < 4.78 is 0. The summed E-state index contributed by atoms with van der Waals surface area (Å²) in [5, 5.41) is 0. The monoisotopic (exact) mass is 354 g/mol. The zero-order valence-electron chi connectivity index (χ0n) is 4.74. The molecule has 0 aliphatic heterocycles. The Kier molecular flexibility index (Phi) is 40.2. The van der Waals surface area contributed by atoms with Crippen molar-refractivity contribution >= 4 is 37.2 Å². The Morgan fingerprint density at radius 1 is 0.778 bits per heavy atom. The van der Waals surface area contributed by atoms with E-state index in [4.69, 9.17) is 0 Å². The van der Waals surface area contributed by atoms with Crippen molar-refractivity contribution in [2.75, 3.05) is 0 Å². The van der Waals surface area contributed by atoms with Crippen LogP contribution in [0.4, 0.5) is 0 Å². The minimum atomic E-state index is 0. The van der Waals surface area contributed by atoms with Crippen molar-refractivity contribution in [1.82, 2.24) is 0 Å². The third-order valence-corrected chi connectivity index (χ3v) is 0.655. The summed E-state index contributed by atoms with van der Waals surface area (Å²) in [5.74, 6) is 0. The Balaban J connectivity index is -0.0000000312. The van der Waals surface area contributed by atoms with Gasteiger partial charge < -0.3 is 0 Å². The largest absolute Gasteiger partial charge is 0.147 e. The summed E-state index contributed by atoms with van der Waals surface area (Å²) in [4.78, 5) is 0. The predicted molar refractivity (Wildman–Crippen MR) is 44.6 cm³/mol. The zero-order valence-corrected chi connectivity index (χ0v) is 10.8. The quantitative estimate of drug-likeness (QED) is 0.587. The fourth-order valence-corrected chi connectivity index (χ4v) is 0.393. The van der Waals surface area contributed by atoms with E-state index in [9.17, 15) is 0 Å². The Morgan fingerprint density at radius 2 is 1.11 bits per heavy atom. The van der Waals surface area contributed by atoms with Gasteiger partial charge in [0.25, 0.3) is 0 Å². The molecule has 0 N–H and O–H groups in total. The molecule has 54 valence electrons. The Labute approximate surface area is 93.2 Å². The molecule has 0 fully saturated rings. The van der Waals surface area contributed by atoms with Crippen molar-refractivity contribution in [2.45, 2.75) is 6.42 Å². The van der Waals surface area contributed by atoms with Crippen LogP contribution in [0.2, 0.25) is 0 Å². The van der Waals surface area contributed by atoms with Crippen LogP contribution in [0.1, 0.15) is 6.42 Å². The first-order valence-corrected chi connectivity index (χ1v) is 1.82. The van der Waals surface area contributed by atoms with Crippen molar-refractivity contribution in [3.05, 3.63) is 24.3 Å². The Morgan fingerprint density at radius 3 is 1.22 bits per heavy atom. The molecule has 1 aliphatic carbocycles. The maximum Gasteiger partial charge on any atom is 0 e. The molecular formula is C5H9Cl3Hf. The van der Waals surface area contributed by atoms with Gasteiger partial charge in [0.05, 0.1) is 0 Å². The molecule has 0 radical (unpaired) electrons. The van der Waals surface area contributed by atoms with Gasteiger partial charge in [-0.15, -0.1) is 37.2 Å². The summed E-state index contributed by atoms with van der Waals surface area (Å²) in [6.07, 6.45) is 9.50. The molecule has 1 aliphatic rings. The van der Waals surface area contributed by atoms with Gasteiger partial charge in [-0.2, -0.15) is 0 Å². The van der Waals surface area contributed by atoms with E-state index >= 15 is 0 Å². The Bertz CT molecular complexity index is 70.3. The first-order valence-electron chi connectivity index (χ1n) is 1.82. The third kappa shape index (κ3) is 12.4. The van der Waals surface area contributed by atoms with Gasteiger partial charge in [0.15, 0.2) is 0 Å². The minimum Gasteiger partial charge on any atom is -0.147 e. The summed E-state index contributed by atoms with van der Waals surface area (Å²) >= 11 is 0. The summed E-state index contributed by atoms with van der Waals surface area (Å²) in [7, 11) is 0. The molecule has 0 saturated heterocycles. The number of halogens is 3. The van der Waals surface area contributed by atoms with E-state index in [-0.39, 0.29) is 63.1 Å². The molecule has 0 aromatic heterocycles. The van der Waals surface area contributed by atoms with Crippen LogP contribution in [0.15, 0.2) is 24.3 Å². The van der Waals surface area contributed by atoms with Crippen molar-refractivity contribution in [2.24, 2.45) is 0 Å². The second-order valence-corrected chi connectivity index (χ2v) is 1.09. The van der Waals surface area contributed by atoms with E-state index in [0.717, 1.165) is 6.42 Å². The van der Waals surface area contributed by atoms with E-state index in [1.807, 2.05) is 0 Å². The molecule has 0 bridgehead atoms. The van der Waals surface area contributed by atoms with E-state index in [1.54, 1.807) is 0 Å². The smallest absolute Gasteiger partial charge is 0 e. The molecule has 1 rings (SSSR count). The van der Waals surface area contributed by atoms with Crippen LogP contribution in [0, 0.1) is 0 Å². The first-order chi connectivity index (χ1) is 2.50. The standard InChI is InChI=1S/C5H6.3ClH.Hf/c1-2-4-5-3-1;;;;/h1-4H,5H2;3*1H;. The SMILES string of the molecule is C1=CCC=C1.Cl.Cl.Cl.[Hf]. The molecule has 9 heavy (non-hydrogen) atoms. The Hall–Kier alpha value is 1.22. The van der Waals surface area contributed by atoms with Crippen molar-refractivity contribution in [3.8, 4) is 0 Å². The second kappa shape index (κ2) is 16.1. The number of hydrogen-bond acceptors (Lipinski definition) is 0. The summed E-state index contributed by atoms with van der Waals surface area (Å²) in [6, 6.07) is 0. The van der Waals surface area contributed by atoms with Crippen molar-refractivity contribution < 1.29 is 25.8 Å². The number of allylic oxidation sites excluding steroid dienone is 4. The molecule has 0 heterocycles. The topological polar surface area (TPSA) is 0 Å². The first kappa shape index (κ1) is 22.5.